The van der Waals surface area contributed by atoms with Gasteiger partial charge in [-0.15, -0.1) is 0 Å². The van der Waals surface area contributed by atoms with Crippen molar-refractivity contribution in [1.29, 1.82) is 0 Å². The van der Waals surface area contributed by atoms with Crippen molar-refractivity contribution in [2.45, 2.75) is 25.2 Å². The SMILES string of the molecule is COC1=CC=C(OC2=CC(C(F)(F)F)CC=C2C(=O)Nc2cc[nH]c(=O)c2)CC1F. The molecule has 10 heteroatoms. The fraction of sp³-hybridized carbons (Fsp3) is 0.300. The lowest BCUT2D eigenvalue weighted by Gasteiger charge is -2.25. The number of carbonyl (C=O) groups excluding carboxylic acids is 1. The van der Waals surface area contributed by atoms with Gasteiger partial charge in [0.2, 0.25) is 5.56 Å². The first-order chi connectivity index (χ1) is 14.2. The number of hydrogen-bond acceptors (Lipinski definition) is 4. The van der Waals surface area contributed by atoms with Crippen molar-refractivity contribution in [3.8, 4) is 0 Å². The third-order valence-electron chi connectivity index (χ3n) is 4.49. The van der Waals surface area contributed by atoms with Gasteiger partial charge in [0, 0.05) is 24.4 Å². The van der Waals surface area contributed by atoms with Gasteiger partial charge in [0.1, 0.15) is 17.3 Å². The first-order valence-electron chi connectivity index (χ1n) is 8.93. The molecule has 0 bridgehead atoms. The second-order valence-corrected chi connectivity index (χ2v) is 6.61. The highest BCUT2D eigenvalue weighted by Gasteiger charge is 2.40. The second-order valence-electron chi connectivity index (χ2n) is 6.61. The number of carbonyl (C=O) groups is 1. The number of rotatable bonds is 5. The highest BCUT2D eigenvalue weighted by Crippen LogP contribution is 2.37. The van der Waals surface area contributed by atoms with E-state index < -0.39 is 36.2 Å². The number of nitrogens with one attached hydrogen (secondary N) is 2. The van der Waals surface area contributed by atoms with Crippen LogP contribution in [-0.2, 0) is 14.3 Å². The van der Waals surface area contributed by atoms with Gasteiger partial charge in [-0.2, -0.15) is 13.2 Å². The maximum absolute atomic E-state index is 14.1. The number of ether oxygens (including phenoxy) is 2. The molecule has 160 valence electrons. The number of amides is 1. The number of allylic oxidation sites excluding steroid dienone is 6. The molecular formula is C20H18F4N2O4. The van der Waals surface area contributed by atoms with E-state index in [4.69, 9.17) is 9.47 Å². The molecule has 3 rings (SSSR count). The molecular weight excluding hydrogens is 408 g/mol. The van der Waals surface area contributed by atoms with Crippen LogP contribution in [0.2, 0.25) is 0 Å². The van der Waals surface area contributed by atoms with Crippen molar-refractivity contribution in [2.24, 2.45) is 5.92 Å². The molecule has 2 unspecified atom stereocenters. The molecule has 2 aliphatic rings. The Kier molecular flexibility index (Phi) is 6.14. The maximum Gasteiger partial charge on any atom is 0.395 e. The van der Waals surface area contributed by atoms with Crippen LogP contribution in [0.15, 0.2) is 70.3 Å². The molecule has 1 aromatic rings. The fourth-order valence-electron chi connectivity index (χ4n) is 2.97. The molecule has 30 heavy (non-hydrogen) atoms. The Labute approximate surface area is 168 Å². The summed E-state index contributed by atoms with van der Waals surface area (Å²) in [5.74, 6) is -2.82. The molecule has 2 N–H and O–H groups in total. The molecule has 2 aliphatic carbocycles. The number of anilines is 1. The predicted molar refractivity (Wildman–Crippen MR) is 99.8 cm³/mol. The summed E-state index contributed by atoms with van der Waals surface area (Å²) in [6, 6.07) is 2.54. The number of pyridine rings is 1. The number of H-pyrrole nitrogens is 1. The van der Waals surface area contributed by atoms with Crippen LogP contribution in [0.5, 0.6) is 0 Å². The summed E-state index contributed by atoms with van der Waals surface area (Å²) in [6.45, 7) is 0. The molecule has 0 aliphatic heterocycles. The van der Waals surface area contributed by atoms with E-state index in [0.717, 1.165) is 18.2 Å². The standard InChI is InChI=1S/C20H18F4N2O4/c1-29-16-5-3-13(10-15(16)21)30-17-8-11(20(22,23)24)2-4-14(17)19(28)26-12-6-7-25-18(27)9-12/h3-9,11,15H,2,10H2,1H3,(H2,25,26,27,28). The van der Waals surface area contributed by atoms with Gasteiger partial charge in [-0.3, -0.25) is 9.59 Å². The quantitative estimate of drug-likeness (QED) is 0.701. The molecule has 2 atom stereocenters. The second kappa shape index (κ2) is 8.60. The van der Waals surface area contributed by atoms with E-state index in [1.54, 1.807) is 0 Å². The van der Waals surface area contributed by atoms with Crippen molar-refractivity contribution >= 4 is 11.6 Å². The number of hydrogen-bond donors (Lipinski definition) is 2. The van der Waals surface area contributed by atoms with Gasteiger partial charge in [0.15, 0.2) is 6.17 Å². The molecule has 6 nitrogen and oxygen atoms in total. The van der Waals surface area contributed by atoms with Crippen molar-refractivity contribution in [3.63, 3.8) is 0 Å². The highest BCUT2D eigenvalue weighted by molar-refractivity contribution is 6.06. The average Bonchev–Trinajstić information content (AvgIpc) is 2.67. The van der Waals surface area contributed by atoms with Gasteiger partial charge in [0.05, 0.1) is 18.6 Å². The third kappa shape index (κ3) is 5.00. The minimum absolute atomic E-state index is 0.0484. The lowest BCUT2D eigenvalue weighted by Crippen LogP contribution is -2.27. The number of aromatic nitrogens is 1. The lowest BCUT2D eigenvalue weighted by atomic mass is 9.94. The van der Waals surface area contributed by atoms with Gasteiger partial charge in [-0.1, -0.05) is 6.08 Å². The number of alkyl halides is 4. The Morgan fingerprint density at radius 1 is 1.30 bits per heavy atom. The molecule has 0 spiro atoms. The largest absolute Gasteiger partial charge is 0.498 e. The van der Waals surface area contributed by atoms with E-state index in [0.29, 0.717) is 0 Å². The van der Waals surface area contributed by atoms with Gasteiger partial charge < -0.3 is 19.8 Å². The smallest absolute Gasteiger partial charge is 0.395 e. The molecule has 0 saturated heterocycles. The van der Waals surface area contributed by atoms with Crippen LogP contribution in [-0.4, -0.2) is 30.3 Å². The zero-order valence-corrected chi connectivity index (χ0v) is 15.8. The van der Waals surface area contributed by atoms with Crippen LogP contribution in [0.25, 0.3) is 0 Å². The first-order valence-corrected chi connectivity index (χ1v) is 8.93. The number of aromatic amines is 1. The van der Waals surface area contributed by atoms with Crippen LogP contribution in [0.3, 0.4) is 0 Å². The maximum atomic E-state index is 14.1. The Bertz CT molecular complexity index is 1000. The summed E-state index contributed by atoms with van der Waals surface area (Å²) in [6.07, 6.45) is -0.842. The van der Waals surface area contributed by atoms with Crippen LogP contribution in [0.4, 0.5) is 23.2 Å². The summed E-state index contributed by atoms with van der Waals surface area (Å²) in [4.78, 5) is 26.4. The van der Waals surface area contributed by atoms with E-state index in [9.17, 15) is 27.2 Å². The minimum Gasteiger partial charge on any atom is -0.498 e. The molecule has 0 fully saturated rings. The van der Waals surface area contributed by atoms with Crippen LogP contribution in [0, 0.1) is 5.92 Å². The molecule has 1 amide bonds. The Morgan fingerprint density at radius 2 is 2.07 bits per heavy atom. The van der Waals surface area contributed by atoms with Crippen molar-refractivity contribution < 1.29 is 31.8 Å². The molecule has 0 aromatic carbocycles. The summed E-state index contributed by atoms with van der Waals surface area (Å²) in [5, 5.41) is 2.44. The predicted octanol–water partition coefficient (Wildman–Crippen LogP) is 3.88. The minimum atomic E-state index is -4.54. The summed E-state index contributed by atoms with van der Waals surface area (Å²) in [7, 11) is 1.30. The van der Waals surface area contributed by atoms with Gasteiger partial charge >= 0.3 is 6.18 Å². The van der Waals surface area contributed by atoms with Crippen LogP contribution in [0.1, 0.15) is 12.8 Å². The van der Waals surface area contributed by atoms with E-state index in [1.807, 2.05) is 0 Å². The molecule has 0 radical (unpaired) electrons. The van der Waals surface area contributed by atoms with E-state index in [1.165, 1.54) is 31.5 Å². The Morgan fingerprint density at radius 3 is 2.70 bits per heavy atom. The first kappa shape index (κ1) is 21.4. The third-order valence-corrected chi connectivity index (χ3v) is 4.49. The van der Waals surface area contributed by atoms with E-state index in [-0.39, 0.29) is 35.0 Å². The topological polar surface area (TPSA) is 80.4 Å². The monoisotopic (exact) mass is 426 g/mol. The van der Waals surface area contributed by atoms with Crippen molar-refractivity contribution in [1.82, 2.24) is 4.98 Å². The van der Waals surface area contributed by atoms with E-state index >= 15 is 0 Å². The lowest BCUT2D eigenvalue weighted by molar-refractivity contribution is -0.161. The number of methoxy groups -OCH3 is 1. The fourth-order valence-corrected chi connectivity index (χ4v) is 2.97. The zero-order valence-electron chi connectivity index (χ0n) is 15.8. The van der Waals surface area contributed by atoms with Gasteiger partial charge in [-0.25, -0.2) is 4.39 Å². The molecule has 0 saturated carbocycles. The zero-order chi connectivity index (χ0) is 21.9. The average molecular weight is 426 g/mol. The number of halogens is 4. The van der Waals surface area contributed by atoms with Gasteiger partial charge in [-0.05, 0) is 30.7 Å². The summed E-state index contributed by atoms with van der Waals surface area (Å²) >= 11 is 0. The highest BCUT2D eigenvalue weighted by atomic mass is 19.4. The van der Waals surface area contributed by atoms with Crippen LogP contribution >= 0.6 is 0 Å². The molecule has 1 heterocycles. The van der Waals surface area contributed by atoms with Crippen molar-refractivity contribution in [2.75, 3.05) is 12.4 Å². The Hall–Kier alpha value is -3.30. The summed E-state index contributed by atoms with van der Waals surface area (Å²) in [5.41, 5.74) is -0.444. The normalized spacial score (nSPS) is 21.6. The van der Waals surface area contributed by atoms with Gasteiger partial charge in [0.25, 0.3) is 5.91 Å². The summed E-state index contributed by atoms with van der Waals surface area (Å²) < 4.78 is 64.0. The Balaban J connectivity index is 1.86. The van der Waals surface area contributed by atoms with E-state index in [2.05, 4.69) is 10.3 Å². The molecule has 1 aromatic heterocycles. The van der Waals surface area contributed by atoms with Crippen LogP contribution < -0.4 is 10.9 Å². The van der Waals surface area contributed by atoms with Crippen molar-refractivity contribution in [3.05, 3.63) is 75.8 Å².